The molecule has 2 N–H and O–H groups in total. The Hall–Kier alpha value is -1.59. The highest BCUT2D eigenvalue weighted by Crippen LogP contribution is 2.22. The van der Waals surface area contributed by atoms with E-state index in [4.69, 9.17) is 9.84 Å². The molecule has 1 fully saturated rings. The van der Waals surface area contributed by atoms with Crippen LogP contribution in [-0.2, 0) is 4.79 Å². The predicted molar refractivity (Wildman–Crippen MR) is 79.4 cm³/mol. The van der Waals surface area contributed by atoms with Crippen molar-refractivity contribution < 1.29 is 19.7 Å². The molecule has 0 aliphatic carbocycles. The van der Waals surface area contributed by atoms with Gasteiger partial charge in [0, 0.05) is 13.1 Å². The smallest absolute Gasteiger partial charge is 0.307 e. The minimum absolute atomic E-state index is 0.314. The lowest BCUT2D eigenvalue weighted by Crippen LogP contribution is -2.40. The summed E-state index contributed by atoms with van der Waals surface area (Å²) >= 11 is 0. The van der Waals surface area contributed by atoms with Crippen LogP contribution in [0.1, 0.15) is 31.4 Å². The third-order valence-corrected chi connectivity index (χ3v) is 3.86. The van der Waals surface area contributed by atoms with Crippen molar-refractivity contribution in [3.8, 4) is 5.75 Å². The molecule has 0 bridgehead atoms. The van der Waals surface area contributed by atoms with Crippen molar-refractivity contribution in [2.24, 2.45) is 5.92 Å². The highest BCUT2D eigenvalue weighted by molar-refractivity contribution is 5.70. The van der Waals surface area contributed by atoms with Crippen molar-refractivity contribution >= 4 is 5.97 Å². The van der Waals surface area contributed by atoms with Gasteiger partial charge in [0.2, 0.25) is 0 Å². The number of carboxylic acid groups (broad SMARTS) is 1. The fourth-order valence-electron chi connectivity index (χ4n) is 2.73. The average Bonchev–Trinajstić information content (AvgIpc) is 2.48. The van der Waals surface area contributed by atoms with Gasteiger partial charge >= 0.3 is 5.97 Å². The third-order valence-electron chi connectivity index (χ3n) is 3.86. The molecule has 21 heavy (non-hydrogen) atoms. The molecule has 2 rings (SSSR count). The highest BCUT2D eigenvalue weighted by Gasteiger charge is 2.26. The molecule has 2 atom stereocenters. The van der Waals surface area contributed by atoms with Gasteiger partial charge in [-0.15, -0.1) is 0 Å². The number of ether oxygens (including phenoxy) is 1. The van der Waals surface area contributed by atoms with Crippen molar-refractivity contribution in [3.05, 3.63) is 29.8 Å². The molecule has 0 aromatic heterocycles. The van der Waals surface area contributed by atoms with Gasteiger partial charge in [-0.3, -0.25) is 9.69 Å². The summed E-state index contributed by atoms with van der Waals surface area (Å²) in [6.07, 6.45) is 0.992. The second-order valence-electron chi connectivity index (χ2n) is 5.45. The Morgan fingerprint density at radius 2 is 2.14 bits per heavy atom. The number of β-amino-alcohol motifs (C(OH)–C–C–N with tert-alkyl or cyclic N) is 1. The largest absolute Gasteiger partial charge is 0.494 e. The molecule has 1 aromatic carbocycles. The molecule has 1 aliphatic heterocycles. The number of carboxylic acids is 1. The van der Waals surface area contributed by atoms with Crippen LogP contribution in [0.3, 0.4) is 0 Å². The van der Waals surface area contributed by atoms with E-state index in [0.29, 0.717) is 19.7 Å². The number of hydrogen-bond acceptors (Lipinski definition) is 4. The zero-order valence-corrected chi connectivity index (χ0v) is 12.4. The lowest BCUT2D eigenvalue weighted by molar-refractivity contribution is -0.143. The molecule has 0 amide bonds. The first-order chi connectivity index (χ1) is 10.1. The highest BCUT2D eigenvalue weighted by atomic mass is 16.5. The zero-order chi connectivity index (χ0) is 15.2. The molecular formula is C16H23NO4. The van der Waals surface area contributed by atoms with Crippen LogP contribution in [0.4, 0.5) is 0 Å². The van der Waals surface area contributed by atoms with Crippen LogP contribution < -0.4 is 4.74 Å². The molecule has 116 valence electrons. The SMILES string of the molecule is CCOc1ccc(C(O)CN2CCCC(C(=O)O)C2)cc1. The van der Waals surface area contributed by atoms with Gasteiger partial charge in [-0.25, -0.2) is 0 Å². The number of aliphatic hydroxyl groups excluding tert-OH is 1. The summed E-state index contributed by atoms with van der Waals surface area (Å²) in [5, 5.41) is 19.4. The first kappa shape index (κ1) is 15.8. The summed E-state index contributed by atoms with van der Waals surface area (Å²) in [4.78, 5) is 13.1. The van der Waals surface area contributed by atoms with E-state index in [9.17, 15) is 9.90 Å². The van der Waals surface area contributed by atoms with Crippen molar-refractivity contribution in [2.75, 3.05) is 26.2 Å². The predicted octanol–water partition coefficient (Wildman–Crippen LogP) is 1.92. The average molecular weight is 293 g/mol. The van der Waals surface area contributed by atoms with Crippen molar-refractivity contribution in [1.29, 1.82) is 0 Å². The molecule has 2 unspecified atom stereocenters. The minimum atomic E-state index is -0.741. The number of aliphatic hydroxyl groups is 1. The van der Waals surface area contributed by atoms with Gasteiger partial charge in [0.1, 0.15) is 5.75 Å². The lowest BCUT2D eigenvalue weighted by atomic mass is 9.97. The van der Waals surface area contributed by atoms with E-state index in [1.165, 1.54) is 0 Å². The quantitative estimate of drug-likeness (QED) is 0.838. The number of carbonyl (C=O) groups is 1. The number of piperidine rings is 1. The Morgan fingerprint density at radius 1 is 1.43 bits per heavy atom. The summed E-state index contributed by atoms with van der Waals surface area (Å²) in [5.41, 5.74) is 0.830. The Bertz CT molecular complexity index is 460. The minimum Gasteiger partial charge on any atom is -0.494 e. The molecule has 0 radical (unpaired) electrons. The first-order valence-corrected chi connectivity index (χ1v) is 7.46. The van der Waals surface area contributed by atoms with Crippen LogP contribution in [0.2, 0.25) is 0 Å². The third kappa shape index (κ3) is 4.44. The fraction of sp³-hybridized carbons (Fsp3) is 0.562. The van der Waals surface area contributed by atoms with Crippen LogP contribution in [0.5, 0.6) is 5.75 Å². The molecule has 1 saturated heterocycles. The van der Waals surface area contributed by atoms with E-state index in [1.54, 1.807) is 0 Å². The van der Waals surface area contributed by atoms with Gasteiger partial charge in [0.05, 0.1) is 18.6 Å². The fourth-order valence-corrected chi connectivity index (χ4v) is 2.73. The molecule has 1 aromatic rings. The topological polar surface area (TPSA) is 70.0 Å². The summed E-state index contributed by atoms with van der Waals surface area (Å²) in [5.74, 6) is -0.265. The lowest BCUT2D eigenvalue weighted by Gasteiger charge is -2.32. The van der Waals surface area contributed by atoms with E-state index >= 15 is 0 Å². The standard InChI is InChI=1S/C16H23NO4/c1-2-21-14-7-5-12(6-8-14)15(18)11-17-9-3-4-13(10-17)16(19)20/h5-8,13,15,18H,2-4,9-11H2,1H3,(H,19,20). The maximum Gasteiger partial charge on any atom is 0.307 e. The number of likely N-dealkylation sites (tertiary alicyclic amines) is 1. The Balaban J connectivity index is 1.91. The molecule has 0 saturated carbocycles. The van der Waals surface area contributed by atoms with Crippen LogP contribution >= 0.6 is 0 Å². The number of rotatable bonds is 6. The van der Waals surface area contributed by atoms with Crippen molar-refractivity contribution in [3.63, 3.8) is 0 Å². The second kappa shape index (κ2) is 7.43. The Morgan fingerprint density at radius 3 is 2.76 bits per heavy atom. The Kier molecular flexibility index (Phi) is 5.59. The van der Waals surface area contributed by atoms with Crippen LogP contribution in [0.25, 0.3) is 0 Å². The number of benzene rings is 1. The van der Waals surface area contributed by atoms with Gasteiger partial charge in [-0.1, -0.05) is 12.1 Å². The number of hydrogen-bond donors (Lipinski definition) is 2. The van der Waals surface area contributed by atoms with E-state index in [1.807, 2.05) is 36.1 Å². The molecule has 0 spiro atoms. The molecular weight excluding hydrogens is 270 g/mol. The van der Waals surface area contributed by atoms with E-state index in [-0.39, 0.29) is 5.92 Å². The van der Waals surface area contributed by atoms with E-state index in [2.05, 4.69) is 0 Å². The van der Waals surface area contributed by atoms with Gasteiger partial charge < -0.3 is 14.9 Å². The number of nitrogens with zero attached hydrogens (tertiary/aromatic N) is 1. The maximum absolute atomic E-state index is 11.1. The van der Waals surface area contributed by atoms with E-state index in [0.717, 1.165) is 30.7 Å². The first-order valence-electron chi connectivity index (χ1n) is 7.46. The van der Waals surface area contributed by atoms with Gasteiger partial charge in [-0.2, -0.15) is 0 Å². The molecule has 5 heteroatoms. The van der Waals surface area contributed by atoms with Crippen LogP contribution in [0, 0.1) is 5.92 Å². The monoisotopic (exact) mass is 293 g/mol. The summed E-state index contributed by atoms with van der Waals surface area (Å²) in [6, 6.07) is 7.40. The van der Waals surface area contributed by atoms with Crippen molar-refractivity contribution in [2.45, 2.75) is 25.9 Å². The normalized spacial score (nSPS) is 21.0. The maximum atomic E-state index is 11.1. The van der Waals surface area contributed by atoms with Gasteiger partial charge in [-0.05, 0) is 44.0 Å². The Labute approximate surface area is 125 Å². The molecule has 5 nitrogen and oxygen atoms in total. The van der Waals surface area contributed by atoms with E-state index < -0.39 is 12.1 Å². The zero-order valence-electron chi connectivity index (χ0n) is 12.4. The van der Waals surface area contributed by atoms with Gasteiger partial charge in [0.25, 0.3) is 0 Å². The van der Waals surface area contributed by atoms with Gasteiger partial charge in [0.15, 0.2) is 0 Å². The summed E-state index contributed by atoms with van der Waals surface area (Å²) in [6.45, 7) is 4.38. The van der Waals surface area contributed by atoms with Crippen LogP contribution in [-0.4, -0.2) is 47.3 Å². The summed E-state index contributed by atoms with van der Waals surface area (Å²) in [7, 11) is 0. The summed E-state index contributed by atoms with van der Waals surface area (Å²) < 4.78 is 5.37. The second-order valence-corrected chi connectivity index (χ2v) is 5.45. The van der Waals surface area contributed by atoms with Crippen LogP contribution in [0.15, 0.2) is 24.3 Å². The van der Waals surface area contributed by atoms with Crippen molar-refractivity contribution in [1.82, 2.24) is 4.90 Å². The molecule has 1 aliphatic rings. The number of aliphatic carboxylic acids is 1. The molecule has 1 heterocycles.